The molecule has 21 heavy (non-hydrogen) atoms. The van der Waals surface area contributed by atoms with Crippen molar-refractivity contribution in [3.05, 3.63) is 33.8 Å². The van der Waals surface area contributed by atoms with Gasteiger partial charge in [-0.3, -0.25) is 9.59 Å². The minimum atomic E-state index is -1.34. The summed E-state index contributed by atoms with van der Waals surface area (Å²) in [5.41, 5.74) is 0.339. The zero-order valence-corrected chi connectivity index (χ0v) is 13.0. The molecule has 2 N–H and O–H groups in total. The second-order valence-corrected chi connectivity index (χ2v) is 5.94. The van der Waals surface area contributed by atoms with Gasteiger partial charge in [0, 0.05) is 36.1 Å². The number of carbonyl (C=O) groups is 2. The van der Waals surface area contributed by atoms with Gasteiger partial charge in [0.15, 0.2) is 6.10 Å². The summed E-state index contributed by atoms with van der Waals surface area (Å²) in [7, 11) is 0. The monoisotopic (exact) mass is 330 g/mol. The maximum absolute atomic E-state index is 12.0. The van der Waals surface area contributed by atoms with Gasteiger partial charge in [0.25, 0.3) is 5.91 Å². The van der Waals surface area contributed by atoms with Crippen molar-refractivity contribution in [1.82, 2.24) is 10.2 Å². The van der Waals surface area contributed by atoms with Crippen LogP contribution in [0.3, 0.4) is 0 Å². The topological polar surface area (TPSA) is 69.6 Å². The lowest BCUT2D eigenvalue weighted by molar-refractivity contribution is -0.131. The minimum absolute atomic E-state index is 0.0195. The van der Waals surface area contributed by atoms with Crippen molar-refractivity contribution >= 4 is 35.0 Å². The number of halogens is 2. The number of hydrogen-bond donors (Lipinski definition) is 2. The number of likely N-dealkylation sites (tertiary alicyclic amines) is 1. The minimum Gasteiger partial charge on any atom is -0.378 e. The molecule has 1 aromatic rings. The van der Waals surface area contributed by atoms with Gasteiger partial charge < -0.3 is 15.3 Å². The van der Waals surface area contributed by atoms with Gasteiger partial charge in [-0.25, -0.2) is 0 Å². The molecule has 0 bridgehead atoms. The van der Waals surface area contributed by atoms with Crippen LogP contribution in [0.2, 0.25) is 10.0 Å². The summed E-state index contributed by atoms with van der Waals surface area (Å²) >= 11 is 11.7. The summed E-state index contributed by atoms with van der Waals surface area (Å²) in [4.78, 5) is 25.0. The van der Waals surface area contributed by atoms with Crippen LogP contribution in [0.4, 0.5) is 0 Å². The number of nitrogens with zero attached hydrogens (tertiary/aromatic N) is 1. The number of benzene rings is 1. The SMILES string of the molecule is CC(=O)N1CCC(NC(=O)C(O)c2cc(Cl)cc(Cl)c2)C1. The first-order chi connectivity index (χ1) is 9.86. The summed E-state index contributed by atoms with van der Waals surface area (Å²) in [5, 5.41) is 13.5. The van der Waals surface area contributed by atoms with Crippen molar-refractivity contribution in [3.63, 3.8) is 0 Å². The molecule has 114 valence electrons. The van der Waals surface area contributed by atoms with Crippen molar-refractivity contribution < 1.29 is 14.7 Å². The van der Waals surface area contributed by atoms with Crippen LogP contribution in [-0.2, 0) is 9.59 Å². The predicted molar refractivity (Wildman–Crippen MR) is 80.2 cm³/mol. The Morgan fingerprint density at radius 2 is 1.95 bits per heavy atom. The van der Waals surface area contributed by atoms with Crippen LogP contribution in [0.1, 0.15) is 25.0 Å². The number of hydrogen-bond acceptors (Lipinski definition) is 3. The van der Waals surface area contributed by atoms with Gasteiger partial charge in [0.1, 0.15) is 0 Å². The van der Waals surface area contributed by atoms with Gasteiger partial charge in [0.2, 0.25) is 5.91 Å². The number of carbonyl (C=O) groups excluding carboxylic acids is 2. The van der Waals surface area contributed by atoms with Crippen LogP contribution in [0.15, 0.2) is 18.2 Å². The zero-order valence-electron chi connectivity index (χ0n) is 11.5. The van der Waals surface area contributed by atoms with Gasteiger partial charge in [0.05, 0.1) is 0 Å². The molecule has 1 saturated heterocycles. The summed E-state index contributed by atoms with van der Waals surface area (Å²) in [6.45, 7) is 2.57. The highest BCUT2D eigenvalue weighted by atomic mass is 35.5. The summed E-state index contributed by atoms with van der Waals surface area (Å²) < 4.78 is 0. The molecule has 0 radical (unpaired) electrons. The smallest absolute Gasteiger partial charge is 0.253 e. The van der Waals surface area contributed by atoms with Gasteiger partial charge >= 0.3 is 0 Å². The Morgan fingerprint density at radius 1 is 1.33 bits per heavy atom. The average Bonchev–Trinajstić information content (AvgIpc) is 2.85. The molecular formula is C14H16Cl2N2O3. The fourth-order valence-electron chi connectivity index (χ4n) is 2.33. The summed E-state index contributed by atoms with van der Waals surface area (Å²) in [6, 6.07) is 4.37. The Bertz CT molecular complexity index is 545. The molecule has 1 aliphatic rings. The Balaban J connectivity index is 1.98. The number of aliphatic hydroxyl groups is 1. The second-order valence-electron chi connectivity index (χ2n) is 5.06. The fourth-order valence-corrected chi connectivity index (χ4v) is 2.87. The quantitative estimate of drug-likeness (QED) is 0.887. The Kier molecular flexibility index (Phi) is 5.08. The molecular weight excluding hydrogens is 315 g/mol. The second kappa shape index (κ2) is 6.64. The summed E-state index contributed by atoms with van der Waals surface area (Å²) in [5.74, 6) is -0.544. The normalized spacial score (nSPS) is 19.4. The lowest BCUT2D eigenvalue weighted by Gasteiger charge is -2.17. The summed E-state index contributed by atoms with van der Waals surface area (Å²) in [6.07, 6.45) is -0.665. The lowest BCUT2D eigenvalue weighted by atomic mass is 10.1. The third kappa shape index (κ3) is 4.09. The predicted octanol–water partition coefficient (Wildman–Crippen LogP) is 1.76. The molecule has 0 spiro atoms. The largest absolute Gasteiger partial charge is 0.378 e. The first-order valence-electron chi connectivity index (χ1n) is 6.57. The van der Waals surface area contributed by atoms with Gasteiger partial charge in [-0.05, 0) is 30.2 Å². The van der Waals surface area contributed by atoms with E-state index in [0.29, 0.717) is 35.1 Å². The molecule has 1 aliphatic heterocycles. The van der Waals surface area contributed by atoms with E-state index in [0.717, 1.165) is 0 Å². The number of nitrogens with one attached hydrogen (secondary N) is 1. The number of aliphatic hydroxyl groups excluding tert-OH is 1. The molecule has 0 aromatic heterocycles. The number of amides is 2. The maximum atomic E-state index is 12.0. The molecule has 0 saturated carbocycles. The van der Waals surface area contributed by atoms with Gasteiger partial charge in [-0.15, -0.1) is 0 Å². The van der Waals surface area contributed by atoms with Crippen LogP contribution in [-0.4, -0.2) is 41.0 Å². The van der Waals surface area contributed by atoms with E-state index in [-0.39, 0.29) is 11.9 Å². The van der Waals surface area contributed by atoms with Crippen molar-refractivity contribution in [2.75, 3.05) is 13.1 Å². The highest BCUT2D eigenvalue weighted by molar-refractivity contribution is 6.34. The van der Waals surface area contributed by atoms with Crippen molar-refractivity contribution in [3.8, 4) is 0 Å². The molecule has 5 nitrogen and oxygen atoms in total. The standard InChI is InChI=1S/C14H16Cl2N2O3/c1-8(19)18-3-2-12(7-18)17-14(21)13(20)9-4-10(15)6-11(16)5-9/h4-6,12-13,20H,2-3,7H2,1H3,(H,17,21). The lowest BCUT2D eigenvalue weighted by Crippen LogP contribution is -2.40. The Morgan fingerprint density at radius 3 is 2.48 bits per heavy atom. The van der Waals surface area contributed by atoms with Crippen LogP contribution in [0, 0.1) is 0 Å². The van der Waals surface area contributed by atoms with E-state index in [1.807, 2.05) is 0 Å². The molecule has 1 heterocycles. The molecule has 2 unspecified atom stereocenters. The fraction of sp³-hybridized carbons (Fsp3) is 0.429. The first kappa shape index (κ1) is 16.1. The molecule has 1 aromatic carbocycles. The number of rotatable bonds is 3. The molecule has 2 amide bonds. The van der Waals surface area contributed by atoms with E-state index in [1.54, 1.807) is 4.90 Å². The Hall–Kier alpha value is -1.30. The highest BCUT2D eigenvalue weighted by Crippen LogP contribution is 2.24. The molecule has 7 heteroatoms. The van der Waals surface area contributed by atoms with E-state index < -0.39 is 12.0 Å². The van der Waals surface area contributed by atoms with Gasteiger partial charge in [-0.2, -0.15) is 0 Å². The molecule has 2 atom stereocenters. The molecule has 0 aliphatic carbocycles. The van der Waals surface area contributed by atoms with Crippen molar-refractivity contribution in [1.29, 1.82) is 0 Å². The van der Waals surface area contributed by atoms with Crippen LogP contribution >= 0.6 is 23.2 Å². The highest BCUT2D eigenvalue weighted by Gasteiger charge is 2.28. The van der Waals surface area contributed by atoms with Crippen LogP contribution in [0.25, 0.3) is 0 Å². The van der Waals surface area contributed by atoms with Crippen molar-refractivity contribution in [2.45, 2.75) is 25.5 Å². The van der Waals surface area contributed by atoms with E-state index >= 15 is 0 Å². The molecule has 2 rings (SSSR count). The van der Waals surface area contributed by atoms with Crippen molar-refractivity contribution in [2.24, 2.45) is 0 Å². The average molecular weight is 331 g/mol. The molecule has 1 fully saturated rings. The van der Waals surface area contributed by atoms with E-state index in [2.05, 4.69) is 5.32 Å². The van der Waals surface area contributed by atoms with E-state index in [1.165, 1.54) is 25.1 Å². The first-order valence-corrected chi connectivity index (χ1v) is 7.32. The van der Waals surface area contributed by atoms with E-state index in [4.69, 9.17) is 23.2 Å². The van der Waals surface area contributed by atoms with Crippen LogP contribution < -0.4 is 5.32 Å². The zero-order chi connectivity index (χ0) is 15.6. The van der Waals surface area contributed by atoms with E-state index in [9.17, 15) is 14.7 Å². The third-order valence-corrected chi connectivity index (χ3v) is 3.87. The maximum Gasteiger partial charge on any atom is 0.253 e. The third-order valence-electron chi connectivity index (χ3n) is 3.43. The van der Waals surface area contributed by atoms with Gasteiger partial charge in [-0.1, -0.05) is 23.2 Å². The van der Waals surface area contributed by atoms with Crippen LogP contribution in [0.5, 0.6) is 0 Å². The Labute approximate surface area is 132 Å².